The third kappa shape index (κ3) is 1.92. The molecule has 2 heteroatoms. The van der Waals surface area contributed by atoms with Crippen molar-refractivity contribution in [2.24, 2.45) is 0 Å². The summed E-state index contributed by atoms with van der Waals surface area (Å²) in [6, 6.07) is 0. The highest BCUT2D eigenvalue weighted by Crippen LogP contribution is 2.18. The average Bonchev–Trinajstić information content (AvgIpc) is 2.51. The maximum Gasteiger partial charge on any atom is 0.0806 e. The molecule has 62 valence electrons. The van der Waals surface area contributed by atoms with Gasteiger partial charge in [-0.05, 0) is 19.1 Å². The number of hydrogen-bond donors (Lipinski definition) is 0. The van der Waals surface area contributed by atoms with Crippen molar-refractivity contribution in [3.05, 3.63) is 40.9 Å². The molecule has 0 aliphatic carbocycles. The second-order valence-electron chi connectivity index (χ2n) is 2.40. The first-order valence-corrected chi connectivity index (χ1v) is 4.52. The Balaban J connectivity index is 3.02. The number of allylic oxidation sites excluding steroid dienone is 2. The lowest BCUT2D eigenvalue weighted by atomic mass is 10.2. The van der Waals surface area contributed by atoms with E-state index in [2.05, 4.69) is 24.2 Å². The Morgan fingerprint density at radius 2 is 2.33 bits per heavy atom. The summed E-state index contributed by atoms with van der Waals surface area (Å²) in [5, 5.41) is 0. The van der Waals surface area contributed by atoms with Crippen LogP contribution in [0.3, 0.4) is 0 Å². The summed E-state index contributed by atoms with van der Waals surface area (Å²) in [4.78, 5) is 5.28. The zero-order chi connectivity index (χ0) is 8.97. The molecule has 1 heterocycles. The Morgan fingerprint density at radius 3 is 2.92 bits per heavy atom. The minimum Gasteiger partial charge on any atom is -0.245 e. The van der Waals surface area contributed by atoms with Crippen LogP contribution in [0.4, 0.5) is 0 Å². The molecule has 0 spiro atoms. The van der Waals surface area contributed by atoms with E-state index in [-0.39, 0.29) is 0 Å². The molecule has 0 saturated carbocycles. The average molecular weight is 177 g/mol. The van der Waals surface area contributed by atoms with E-state index in [1.54, 1.807) is 17.4 Å². The van der Waals surface area contributed by atoms with Gasteiger partial charge in [0.15, 0.2) is 0 Å². The minimum absolute atomic E-state index is 0.946. The van der Waals surface area contributed by atoms with E-state index in [1.807, 2.05) is 18.5 Å². The smallest absolute Gasteiger partial charge is 0.0806 e. The van der Waals surface area contributed by atoms with E-state index in [4.69, 9.17) is 0 Å². The highest BCUT2D eigenvalue weighted by Gasteiger charge is 1.97. The molecule has 0 aliphatic heterocycles. The van der Waals surface area contributed by atoms with Gasteiger partial charge in [-0.15, -0.1) is 11.3 Å². The summed E-state index contributed by atoms with van der Waals surface area (Å²) >= 11 is 1.61. The molecule has 0 N–H and O–H groups in total. The summed E-state index contributed by atoms with van der Waals surface area (Å²) in [5.41, 5.74) is 3.91. The Bertz CT molecular complexity index is 320. The van der Waals surface area contributed by atoms with Gasteiger partial charge in [-0.3, -0.25) is 0 Å². The molecule has 0 aliphatic rings. The van der Waals surface area contributed by atoms with Crippen LogP contribution in [-0.2, 0) is 0 Å². The molecule has 1 nitrogen and oxygen atoms in total. The van der Waals surface area contributed by atoms with Gasteiger partial charge in [0.1, 0.15) is 0 Å². The molecule has 12 heavy (non-hydrogen) atoms. The van der Waals surface area contributed by atoms with Gasteiger partial charge in [0.05, 0.1) is 16.1 Å². The van der Waals surface area contributed by atoms with Crippen molar-refractivity contribution in [3.8, 4) is 0 Å². The Labute approximate surface area is 76.8 Å². The van der Waals surface area contributed by atoms with Gasteiger partial charge in [0.25, 0.3) is 0 Å². The predicted octanol–water partition coefficient (Wildman–Crippen LogP) is 3.38. The van der Waals surface area contributed by atoms with Crippen molar-refractivity contribution in [2.45, 2.75) is 6.92 Å². The zero-order valence-corrected chi connectivity index (χ0v) is 7.90. The van der Waals surface area contributed by atoms with E-state index in [9.17, 15) is 0 Å². The molecule has 0 fully saturated rings. The van der Waals surface area contributed by atoms with Crippen LogP contribution in [0.1, 0.15) is 17.5 Å². The molecule has 0 saturated heterocycles. The fourth-order valence-electron chi connectivity index (χ4n) is 0.791. The third-order valence-electron chi connectivity index (χ3n) is 1.50. The Morgan fingerprint density at radius 1 is 1.58 bits per heavy atom. The van der Waals surface area contributed by atoms with Crippen LogP contribution in [0, 0.1) is 0 Å². The molecular weight excluding hydrogens is 166 g/mol. The topological polar surface area (TPSA) is 12.9 Å². The van der Waals surface area contributed by atoms with Gasteiger partial charge in [0.2, 0.25) is 0 Å². The first-order chi connectivity index (χ1) is 5.77. The Hall–Kier alpha value is -1.15. The van der Waals surface area contributed by atoms with Crippen molar-refractivity contribution in [1.82, 2.24) is 4.98 Å². The number of thiazole rings is 1. The van der Waals surface area contributed by atoms with E-state index >= 15 is 0 Å². The maximum absolute atomic E-state index is 4.14. The van der Waals surface area contributed by atoms with Crippen LogP contribution in [-0.4, -0.2) is 4.98 Å². The SMILES string of the molecule is C=C/C(C)=C\c1scnc1C=C. The van der Waals surface area contributed by atoms with Crippen LogP contribution >= 0.6 is 11.3 Å². The number of hydrogen-bond acceptors (Lipinski definition) is 2. The number of rotatable bonds is 3. The number of aromatic nitrogens is 1. The lowest BCUT2D eigenvalue weighted by Gasteiger charge is -1.90. The third-order valence-corrected chi connectivity index (χ3v) is 2.29. The van der Waals surface area contributed by atoms with E-state index < -0.39 is 0 Å². The van der Waals surface area contributed by atoms with Gasteiger partial charge in [-0.25, -0.2) is 4.98 Å². The van der Waals surface area contributed by atoms with Crippen molar-refractivity contribution in [2.75, 3.05) is 0 Å². The lowest BCUT2D eigenvalue weighted by Crippen LogP contribution is -1.74. The largest absolute Gasteiger partial charge is 0.245 e. The summed E-state index contributed by atoms with van der Waals surface area (Å²) < 4.78 is 0. The van der Waals surface area contributed by atoms with Crippen LogP contribution in [0.2, 0.25) is 0 Å². The summed E-state index contributed by atoms with van der Waals surface area (Å²) in [6.07, 6.45) is 5.65. The van der Waals surface area contributed by atoms with Gasteiger partial charge in [-0.1, -0.05) is 24.8 Å². The van der Waals surface area contributed by atoms with Crippen molar-refractivity contribution in [1.29, 1.82) is 0 Å². The van der Waals surface area contributed by atoms with Gasteiger partial charge in [-0.2, -0.15) is 0 Å². The summed E-state index contributed by atoms with van der Waals surface area (Å²) in [7, 11) is 0. The van der Waals surface area contributed by atoms with Gasteiger partial charge in [0, 0.05) is 0 Å². The molecule has 0 radical (unpaired) electrons. The quantitative estimate of drug-likeness (QED) is 0.645. The fraction of sp³-hybridized carbons (Fsp3) is 0.100. The van der Waals surface area contributed by atoms with Crippen LogP contribution < -0.4 is 0 Å². The molecule has 1 aromatic rings. The molecular formula is C10H11NS. The molecule has 0 amide bonds. The normalized spacial score (nSPS) is 11.2. The highest BCUT2D eigenvalue weighted by atomic mass is 32.1. The molecule has 0 aromatic carbocycles. The minimum atomic E-state index is 0.946. The number of nitrogens with zero attached hydrogens (tertiary/aromatic N) is 1. The van der Waals surface area contributed by atoms with E-state index in [0.717, 1.165) is 16.1 Å². The summed E-state index contributed by atoms with van der Waals surface area (Å²) in [6.45, 7) is 9.39. The molecule has 0 unspecified atom stereocenters. The van der Waals surface area contributed by atoms with Crippen LogP contribution in [0.15, 0.2) is 30.3 Å². The van der Waals surface area contributed by atoms with Crippen LogP contribution in [0.25, 0.3) is 12.2 Å². The standard InChI is InChI=1S/C10H11NS/c1-4-8(3)6-10-9(5-2)11-7-12-10/h4-7H,1-2H2,3H3/b8-6-. The molecule has 1 aromatic heterocycles. The molecule has 1 rings (SSSR count). The van der Waals surface area contributed by atoms with Gasteiger partial charge >= 0.3 is 0 Å². The lowest BCUT2D eigenvalue weighted by molar-refractivity contribution is 1.38. The molecule has 0 bridgehead atoms. The monoisotopic (exact) mass is 177 g/mol. The second kappa shape index (κ2) is 4.02. The second-order valence-corrected chi connectivity index (χ2v) is 3.28. The van der Waals surface area contributed by atoms with Crippen LogP contribution in [0.5, 0.6) is 0 Å². The fourth-order valence-corrected chi connectivity index (χ4v) is 1.58. The predicted molar refractivity (Wildman–Crippen MR) is 56.1 cm³/mol. The highest BCUT2D eigenvalue weighted by molar-refractivity contribution is 7.10. The molecule has 0 atom stereocenters. The van der Waals surface area contributed by atoms with Crippen molar-refractivity contribution >= 4 is 23.5 Å². The van der Waals surface area contributed by atoms with Crippen molar-refractivity contribution < 1.29 is 0 Å². The first-order valence-electron chi connectivity index (χ1n) is 3.64. The zero-order valence-electron chi connectivity index (χ0n) is 7.08. The van der Waals surface area contributed by atoms with E-state index in [0.29, 0.717) is 0 Å². The van der Waals surface area contributed by atoms with E-state index in [1.165, 1.54) is 0 Å². The maximum atomic E-state index is 4.14. The van der Waals surface area contributed by atoms with Gasteiger partial charge < -0.3 is 0 Å². The summed E-state index contributed by atoms with van der Waals surface area (Å²) in [5.74, 6) is 0. The van der Waals surface area contributed by atoms with Crippen molar-refractivity contribution in [3.63, 3.8) is 0 Å². The Kier molecular flexibility index (Phi) is 3.00. The first kappa shape index (κ1) is 8.94.